The molecular weight excluding hydrogens is 210 g/mol. The summed E-state index contributed by atoms with van der Waals surface area (Å²) in [6, 6.07) is 0. The van der Waals surface area contributed by atoms with Gasteiger partial charge in [-0.1, -0.05) is 6.92 Å². The summed E-state index contributed by atoms with van der Waals surface area (Å²) in [6.45, 7) is 5.76. The molecule has 0 aromatic carbocycles. The van der Waals surface area contributed by atoms with E-state index < -0.39 is 0 Å². The van der Waals surface area contributed by atoms with Gasteiger partial charge in [0.2, 0.25) is 0 Å². The van der Waals surface area contributed by atoms with Gasteiger partial charge in [0.05, 0.1) is 13.2 Å². The van der Waals surface area contributed by atoms with Gasteiger partial charge in [0.1, 0.15) is 5.01 Å². The molecule has 15 heavy (non-hydrogen) atoms. The van der Waals surface area contributed by atoms with Crippen molar-refractivity contribution in [2.75, 3.05) is 26.3 Å². The fourth-order valence-corrected chi connectivity index (χ4v) is 1.95. The number of hydrogen-bond donors (Lipinski definition) is 2. The first-order valence-corrected chi connectivity index (χ1v) is 6.10. The molecule has 0 amide bonds. The number of rotatable bonds is 8. The predicted octanol–water partition coefficient (Wildman–Crippen LogP) is 0.770. The zero-order valence-corrected chi connectivity index (χ0v) is 9.98. The molecule has 1 aromatic rings. The molecule has 3 N–H and O–H groups in total. The highest BCUT2D eigenvalue weighted by Crippen LogP contribution is 2.12. The molecule has 0 saturated carbocycles. The Balaban J connectivity index is 2.04. The van der Waals surface area contributed by atoms with Crippen LogP contribution in [-0.4, -0.2) is 31.3 Å². The lowest BCUT2D eigenvalue weighted by Gasteiger charge is -2.03. The average molecular weight is 229 g/mol. The Kier molecular flexibility index (Phi) is 6.50. The molecule has 86 valence electrons. The Morgan fingerprint density at radius 2 is 2.40 bits per heavy atom. The van der Waals surface area contributed by atoms with Crippen LogP contribution in [0.2, 0.25) is 0 Å². The van der Waals surface area contributed by atoms with Crippen LogP contribution in [0.25, 0.3) is 0 Å². The molecule has 1 rings (SSSR count). The molecule has 0 aliphatic heterocycles. The summed E-state index contributed by atoms with van der Waals surface area (Å²) < 4.78 is 5.24. The number of nitrogens with zero attached hydrogens (tertiary/aromatic N) is 1. The molecule has 0 unspecified atom stereocenters. The summed E-state index contributed by atoms with van der Waals surface area (Å²) in [5, 5.41) is 4.42. The summed E-state index contributed by atoms with van der Waals surface area (Å²) in [5.41, 5.74) is 5.30. The van der Waals surface area contributed by atoms with Crippen molar-refractivity contribution in [1.29, 1.82) is 0 Å². The number of nitrogens with one attached hydrogen (secondary N) is 1. The standard InChI is InChI=1S/C10H19N3OS/c1-2-9-7-13-10(15-9)8-12-4-6-14-5-3-11/h7,12H,2-6,8,11H2,1H3. The first-order valence-electron chi connectivity index (χ1n) is 5.29. The number of hydrogen-bond acceptors (Lipinski definition) is 5. The van der Waals surface area contributed by atoms with Crippen molar-refractivity contribution in [2.45, 2.75) is 19.9 Å². The van der Waals surface area contributed by atoms with Crippen LogP contribution >= 0.6 is 11.3 Å². The van der Waals surface area contributed by atoms with Gasteiger partial charge in [0, 0.05) is 30.7 Å². The Hall–Kier alpha value is -0.490. The summed E-state index contributed by atoms with van der Waals surface area (Å²) in [4.78, 5) is 5.66. The third-order valence-electron chi connectivity index (χ3n) is 1.91. The van der Waals surface area contributed by atoms with E-state index in [1.165, 1.54) is 4.88 Å². The van der Waals surface area contributed by atoms with Gasteiger partial charge in [0.25, 0.3) is 0 Å². The second kappa shape index (κ2) is 7.76. The topological polar surface area (TPSA) is 60.2 Å². The number of aryl methyl sites for hydroxylation is 1. The molecule has 0 aliphatic rings. The van der Waals surface area contributed by atoms with Crippen molar-refractivity contribution in [3.63, 3.8) is 0 Å². The minimum atomic E-state index is 0.590. The summed E-state index contributed by atoms with van der Waals surface area (Å²) in [5.74, 6) is 0. The van der Waals surface area contributed by atoms with Crippen molar-refractivity contribution in [3.05, 3.63) is 16.1 Å². The molecule has 1 heterocycles. The molecule has 0 atom stereocenters. The molecule has 5 heteroatoms. The first-order chi connectivity index (χ1) is 7.36. The van der Waals surface area contributed by atoms with Crippen LogP contribution in [0.4, 0.5) is 0 Å². The lowest BCUT2D eigenvalue weighted by molar-refractivity contribution is 0.143. The smallest absolute Gasteiger partial charge is 0.107 e. The van der Waals surface area contributed by atoms with Gasteiger partial charge >= 0.3 is 0 Å². The third kappa shape index (κ3) is 5.22. The highest BCUT2D eigenvalue weighted by atomic mass is 32.1. The van der Waals surface area contributed by atoms with Crippen LogP contribution in [0.15, 0.2) is 6.20 Å². The molecule has 0 aliphatic carbocycles. The fourth-order valence-electron chi connectivity index (χ4n) is 1.12. The largest absolute Gasteiger partial charge is 0.379 e. The average Bonchev–Trinajstić information content (AvgIpc) is 2.71. The predicted molar refractivity (Wildman–Crippen MR) is 63.1 cm³/mol. The van der Waals surface area contributed by atoms with E-state index in [2.05, 4.69) is 17.2 Å². The molecule has 0 fully saturated rings. The second-order valence-corrected chi connectivity index (χ2v) is 4.35. The number of aromatic nitrogens is 1. The quantitative estimate of drug-likeness (QED) is 0.646. The van der Waals surface area contributed by atoms with Crippen LogP contribution in [-0.2, 0) is 17.7 Å². The van der Waals surface area contributed by atoms with Gasteiger partial charge in [-0.2, -0.15) is 0 Å². The van der Waals surface area contributed by atoms with E-state index in [0.29, 0.717) is 19.8 Å². The molecule has 1 aromatic heterocycles. The SMILES string of the molecule is CCc1cnc(CNCCOCCN)s1. The lowest BCUT2D eigenvalue weighted by atomic mass is 10.4. The zero-order valence-electron chi connectivity index (χ0n) is 9.16. The Labute approximate surface area is 94.8 Å². The van der Waals surface area contributed by atoms with Gasteiger partial charge in [-0.05, 0) is 6.42 Å². The molecule has 4 nitrogen and oxygen atoms in total. The van der Waals surface area contributed by atoms with Gasteiger partial charge in [-0.25, -0.2) is 4.98 Å². The molecule has 0 radical (unpaired) electrons. The fraction of sp³-hybridized carbons (Fsp3) is 0.700. The van der Waals surface area contributed by atoms with Crippen molar-refractivity contribution in [1.82, 2.24) is 10.3 Å². The maximum atomic E-state index is 5.30. The molecule has 0 bridgehead atoms. The molecule has 0 saturated heterocycles. The van der Waals surface area contributed by atoms with E-state index in [0.717, 1.165) is 24.5 Å². The van der Waals surface area contributed by atoms with Gasteiger partial charge in [0.15, 0.2) is 0 Å². The highest BCUT2D eigenvalue weighted by molar-refractivity contribution is 7.11. The van der Waals surface area contributed by atoms with E-state index in [4.69, 9.17) is 10.5 Å². The Morgan fingerprint density at radius 3 is 3.07 bits per heavy atom. The zero-order chi connectivity index (χ0) is 10.9. The number of ether oxygens (including phenoxy) is 1. The third-order valence-corrected chi connectivity index (χ3v) is 3.05. The summed E-state index contributed by atoms with van der Waals surface area (Å²) in [7, 11) is 0. The number of nitrogens with two attached hydrogens (primary N) is 1. The number of thiazole rings is 1. The van der Waals surface area contributed by atoms with Crippen LogP contribution in [0.5, 0.6) is 0 Å². The minimum absolute atomic E-state index is 0.590. The maximum Gasteiger partial charge on any atom is 0.107 e. The highest BCUT2D eigenvalue weighted by Gasteiger charge is 1.99. The van der Waals surface area contributed by atoms with Crippen molar-refractivity contribution >= 4 is 11.3 Å². The molecular formula is C10H19N3OS. The normalized spacial score (nSPS) is 10.8. The Bertz CT molecular complexity index is 265. The van der Waals surface area contributed by atoms with E-state index in [1.54, 1.807) is 11.3 Å². The van der Waals surface area contributed by atoms with Crippen LogP contribution in [0, 0.1) is 0 Å². The van der Waals surface area contributed by atoms with Gasteiger partial charge in [-0.15, -0.1) is 11.3 Å². The van der Waals surface area contributed by atoms with E-state index in [9.17, 15) is 0 Å². The van der Waals surface area contributed by atoms with E-state index in [-0.39, 0.29) is 0 Å². The summed E-state index contributed by atoms with van der Waals surface area (Å²) in [6.07, 6.45) is 3.02. The Morgan fingerprint density at radius 1 is 1.53 bits per heavy atom. The van der Waals surface area contributed by atoms with Crippen molar-refractivity contribution < 1.29 is 4.74 Å². The monoisotopic (exact) mass is 229 g/mol. The van der Waals surface area contributed by atoms with Gasteiger partial charge < -0.3 is 15.8 Å². The minimum Gasteiger partial charge on any atom is -0.379 e. The van der Waals surface area contributed by atoms with E-state index >= 15 is 0 Å². The maximum absolute atomic E-state index is 5.30. The second-order valence-electron chi connectivity index (χ2n) is 3.15. The van der Waals surface area contributed by atoms with Crippen LogP contribution < -0.4 is 11.1 Å². The lowest BCUT2D eigenvalue weighted by Crippen LogP contribution is -2.20. The van der Waals surface area contributed by atoms with Crippen LogP contribution in [0.3, 0.4) is 0 Å². The van der Waals surface area contributed by atoms with Crippen molar-refractivity contribution in [2.24, 2.45) is 5.73 Å². The van der Waals surface area contributed by atoms with Gasteiger partial charge in [-0.3, -0.25) is 0 Å². The van der Waals surface area contributed by atoms with Crippen LogP contribution in [0.1, 0.15) is 16.8 Å². The first kappa shape index (κ1) is 12.6. The van der Waals surface area contributed by atoms with E-state index in [1.807, 2.05) is 6.20 Å². The summed E-state index contributed by atoms with van der Waals surface area (Å²) >= 11 is 1.77. The molecule has 0 spiro atoms. The van der Waals surface area contributed by atoms with Crippen molar-refractivity contribution in [3.8, 4) is 0 Å².